The second-order valence-electron chi connectivity index (χ2n) is 4.85. The van der Waals surface area contributed by atoms with Crippen LogP contribution in [-0.2, 0) is 6.54 Å². The van der Waals surface area contributed by atoms with Gasteiger partial charge in [0, 0.05) is 28.5 Å². The van der Waals surface area contributed by atoms with Crippen molar-refractivity contribution >= 4 is 39.9 Å². The van der Waals surface area contributed by atoms with Gasteiger partial charge in [-0.25, -0.2) is 9.97 Å². The Morgan fingerprint density at radius 2 is 2.00 bits per heavy atom. The zero-order valence-electron chi connectivity index (χ0n) is 11.9. The van der Waals surface area contributed by atoms with Gasteiger partial charge in [-0.2, -0.15) is 4.98 Å². The first-order chi connectivity index (χ1) is 11.3. The van der Waals surface area contributed by atoms with E-state index in [9.17, 15) is 0 Å². The first-order valence-electron chi connectivity index (χ1n) is 6.94. The lowest BCUT2D eigenvalue weighted by atomic mass is 10.2. The first-order valence-corrected chi connectivity index (χ1v) is 8.13. The van der Waals surface area contributed by atoms with E-state index in [0.29, 0.717) is 28.1 Å². The topological polar surface area (TPSA) is 63.8 Å². The summed E-state index contributed by atoms with van der Waals surface area (Å²) < 4.78 is 6.27. The van der Waals surface area contributed by atoms with E-state index in [4.69, 9.17) is 16.0 Å². The number of rotatable bonds is 4. The van der Waals surface area contributed by atoms with Gasteiger partial charge in [0.25, 0.3) is 0 Å². The van der Waals surface area contributed by atoms with Gasteiger partial charge in [0.2, 0.25) is 5.89 Å². The lowest BCUT2D eigenvalue weighted by molar-refractivity contribution is 0.619. The van der Waals surface area contributed by atoms with E-state index in [1.54, 1.807) is 12.4 Å². The number of hydrogen-bond acceptors (Lipinski definition) is 6. The zero-order chi connectivity index (χ0) is 15.6. The van der Waals surface area contributed by atoms with E-state index in [2.05, 4.69) is 20.3 Å². The van der Waals surface area contributed by atoms with Gasteiger partial charge in [0.05, 0.1) is 6.54 Å². The number of hydrogen-bond donors (Lipinski definition) is 1. The average molecular weight is 343 g/mol. The number of fused-ring (bicyclic) bond motifs is 1. The van der Waals surface area contributed by atoms with Crippen LogP contribution in [0.5, 0.6) is 0 Å². The number of anilines is 1. The lowest BCUT2D eigenvalue weighted by Gasteiger charge is -2.04. The van der Waals surface area contributed by atoms with Gasteiger partial charge in [0.1, 0.15) is 0 Å². The van der Waals surface area contributed by atoms with E-state index >= 15 is 0 Å². The van der Waals surface area contributed by atoms with Gasteiger partial charge in [0.15, 0.2) is 15.7 Å². The van der Waals surface area contributed by atoms with E-state index in [-0.39, 0.29) is 0 Å². The largest absolute Gasteiger partial charge is 0.434 e. The highest BCUT2D eigenvalue weighted by Crippen LogP contribution is 2.25. The van der Waals surface area contributed by atoms with Crippen LogP contribution in [0.15, 0.2) is 53.2 Å². The molecule has 0 saturated carbocycles. The molecule has 0 aliphatic carbocycles. The Hall–Kier alpha value is -2.44. The molecule has 3 aromatic heterocycles. The molecule has 0 aliphatic rings. The minimum Gasteiger partial charge on any atom is -0.434 e. The molecule has 1 N–H and O–H groups in total. The third kappa shape index (κ3) is 3.04. The van der Waals surface area contributed by atoms with E-state index < -0.39 is 0 Å². The molecule has 0 bridgehead atoms. The summed E-state index contributed by atoms with van der Waals surface area (Å²) in [4.78, 5) is 13.7. The van der Waals surface area contributed by atoms with Crippen LogP contribution in [0.4, 0.5) is 5.69 Å². The monoisotopic (exact) mass is 342 g/mol. The van der Waals surface area contributed by atoms with Crippen molar-refractivity contribution in [3.05, 3.63) is 58.1 Å². The first kappa shape index (κ1) is 14.2. The Balaban J connectivity index is 1.51. The molecule has 4 aromatic rings. The van der Waals surface area contributed by atoms with Crippen LogP contribution in [0, 0.1) is 0 Å². The summed E-state index contributed by atoms with van der Waals surface area (Å²) >= 11 is 7.29. The average Bonchev–Trinajstić information content (AvgIpc) is 3.19. The minimum atomic E-state index is 0.557. The summed E-state index contributed by atoms with van der Waals surface area (Å²) in [7, 11) is 0. The third-order valence-corrected chi connectivity index (χ3v) is 4.40. The number of nitrogens with zero attached hydrogens (tertiary/aromatic N) is 3. The standard InChI is InChI=1S/C16H11ClN4OS/c17-16-20-9-12(23-16)8-19-11-5-3-10(4-6-11)15-21-14-13(22-15)2-1-7-18-14/h1-7,9,19H,8H2. The van der Waals surface area contributed by atoms with Crippen molar-refractivity contribution in [3.63, 3.8) is 0 Å². The molecule has 0 amide bonds. The summed E-state index contributed by atoms with van der Waals surface area (Å²) in [5.74, 6) is 0.569. The van der Waals surface area contributed by atoms with Gasteiger partial charge >= 0.3 is 0 Å². The van der Waals surface area contributed by atoms with Gasteiger partial charge in [-0.3, -0.25) is 0 Å². The molecule has 4 rings (SSSR count). The SMILES string of the molecule is Clc1ncc(CNc2ccc(-c3nc4ncccc4o3)cc2)s1. The zero-order valence-corrected chi connectivity index (χ0v) is 13.4. The van der Waals surface area contributed by atoms with Gasteiger partial charge in [-0.15, -0.1) is 11.3 Å². The molecule has 0 aliphatic heterocycles. The molecular formula is C16H11ClN4OS. The Morgan fingerprint density at radius 1 is 1.13 bits per heavy atom. The van der Waals surface area contributed by atoms with Gasteiger partial charge in [-0.05, 0) is 36.4 Å². The maximum absolute atomic E-state index is 5.82. The lowest BCUT2D eigenvalue weighted by Crippen LogP contribution is -1.96. The molecule has 5 nitrogen and oxygen atoms in total. The van der Waals surface area contributed by atoms with E-state index in [1.165, 1.54) is 11.3 Å². The van der Waals surface area contributed by atoms with Crippen molar-refractivity contribution in [3.8, 4) is 11.5 Å². The smallest absolute Gasteiger partial charge is 0.228 e. The molecule has 1 aromatic carbocycles. The second-order valence-corrected chi connectivity index (χ2v) is 6.55. The number of oxazole rings is 1. The highest BCUT2D eigenvalue weighted by atomic mass is 35.5. The van der Waals surface area contributed by atoms with Crippen molar-refractivity contribution in [2.24, 2.45) is 0 Å². The van der Waals surface area contributed by atoms with Gasteiger partial charge in [-0.1, -0.05) is 11.6 Å². The number of thiazole rings is 1. The highest BCUT2D eigenvalue weighted by Gasteiger charge is 2.08. The molecule has 0 radical (unpaired) electrons. The third-order valence-electron chi connectivity index (χ3n) is 3.29. The Kier molecular flexibility index (Phi) is 3.69. The molecule has 0 spiro atoms. The fourth-order valence-electron chi connectivity index (χ4n) is 2.18. The second kappa shape index (κ2) is 5.98. The highest BCUT2D eigenvalue weighted by molar-refractivity contribution is 7.15. The van der Waals surface area contributed by atoms with Crippen LogP contribution in [-0.4, -0.2) is 15.0 Å². The Bertz CT molecular complexity index is 915. The van der Waals surface area contributed by atoms with Crippen LogP contribution >= 0.6 is 22.9 Å². The summed E-state index contributed by atoms with van der Waals surface area (Å²) in [6, 6.07) is 11.6. The van der Waals surface area contributed by atoms with Crippen molar-refractivity contribution in [2.75, 3.05) is 5.32 Å². The Labute approximate surface area is 141 Å². The van der Waals surface area contributed by atoms with Gasteiger partial charge < -0.3 is 9.73 Å². The quantitative estimate of drug-likeness (QED) is 0.586. The van der Waals surface area contributed by atoms with Crippen LogP contribution in [0.3, 0.4) is 0 Å². The summed E-state index contributed by atoms with van der Waals surface area (Å²) in [5.41, 5.74) is 3.22. The van der Waals surface area contributed by atoms with Crippen LogP contribution in [0.1, 0.15) is 4.88 Å². The summed E-state index contributed by atoms with van der Waals surface area (Å²) in [5, 5.41) is 3.33. The number of benzene rings is 1. The minimum absolute atomic E-state index is 0.557. The maximum atomic E-state index is 5.82. The van der Waals surface area contributed by atoms with Crippen LogP contribution in [0.25, 0.3) is 22.7 Å². The molecule has 7 heteroatoms. The molecule has 0 atom stereocenters. The van der Waals surface area contributed by atoms with Crippen LogP contribution in [0.2, 0.25) is 4.47 Å². The fourth-order valence-corrected chi connectivity index (χ4v) is 3.10. The predicted octanol–water partition coefficient (Wildman–Crippen LogP) is 4.61. The number of aromatic nitrogens is 3. The molecule has 0 unspecified atom stereocenters. The Morgan fingerprint density at radius 3 is 2.74 bits per heavy atom. The van der Waals surface area contributed by atoms with Crippen LogP contribution < -0.4 is 5.32 Å². The maximum Gasteiger partial charge on any atom is 0.228 e. The number of nitrogens with one attached hydrogen (secondary N) is 1. The molecule has 0 saturated heterocycles. The summed E-state index contributed by atoms with van der Waals surface area (Å²) in [6.45, 7) is 0.691. The molecule has 114 valence electrons. The van der Waals surface area contributed by atoms with Crippen molar-refractivity contribution in [1.82, 2.24) is 15.0 Å². The molecule has 3 heterocycles. The fraction of sp³-hybridized carbons (Fsp3) is 0.0625. The molecule has 0 fully saturated rings. The summed E-state index contributed by atoms with van der Waals surface area (Å²) in [6.07, 6.45) is 3.48. The molecule has 23 heavy (non-hydrogen) atoms. The normalized spacial score (nSPS) is 11.0. The van der Waals surface area contributed by atoms with E-state index in [1.807, 2.05) is 36.4 Å². The molecular weight excluding hydrogens is 332 g/mol. The van der Waals surface area contributed by atoms with E-state index in [0.717, 1.165) is 16.1 Å². The van der Waals surface area contributed by atoms with Crippen molar-refractivity contribution in [2.45, 2.75) is 6.54 Å². The predicted molar refractivity (Wildman–Crippen MR) is 91.7 cm³/mol. The number of pyridine rings is 1. The number of halogens is 1. The van der Waals surface area contributed by atoms with Crippen molar-refractivity contribution < 1.29 is 4.42 Å². The van der Waals surface area contributed by atoms with Crippen molar-refractivity contribution in [1.29, 1.82) is 0 Å².